The van der Waals surface area contributed by atoms with E-state index in [-0.39, 0.29) is 5.70 Å². The van der Waals surface area contributed by atoms with Gasteiger partial charge >= 0.3 is 5.97 Å². The van der Waals surface area contributed by atoms with Crippen molar-refractivity contribution in [3.05, 3.63) is 41.6 Å². The van der Waals surface area contributed by atoms with E-state index in [2.05, 4.69) is 5.32 Å². The van der Waals surface area contributed by atoms with Gasteiger partial charge in [-0.25, -0.2) is 0 Å². The highest BCUT2D eigenvalue weighted by atomic mass is 16.4. The number of aliphatic carboxylic acids is 1. The molecule has 0 saturated carbocycles. The summed E-state index contributed by atoms with van der Waals surface area (Å²) < 4.78 is 0. The second-order valence-corrected chi connectivity index (χ2v) is 4.77. The Morgan fingerprint density at radius 3 is 2.45 bits per heavy atom. The molecule has 3 amide bonds. The lowest BCUT2D eigenvalue weighted by molar-refractivity contribution is -0.154. The molecule has 1 aromatic rings. The molecule has 2 rings (SSSR count). The zero-order valence-corrected chi connectivity index (χ0v) is 11.8. The summed E-state index contributed by atoms with van der Waals surface area (Å²) >= 11 is 0. The molecule has 0 radical (unpaired) electrons. The Hall–Kier alpha value is -2.96. The number of piperazine rings is 1. The first-order valence-corrected chi connectivity index (χ1v) is 6.53. The lowest BCUT2D eigenvalue weighted by atomic mass is 10.1. The van der Waals surface area contributed by atoms with Gasteiger partial charge in [0.05, 0.1) is 6.42 Å². The minimum Gasteiger partial charge on any atom is -0.481 e. The summed E-state index contributed by atoms with van der Waals surface area (Å²) in [5.74, 6) is -3.36. The normalized spacial score (nSPS) is 20.0. The van der Waals surface area contributed by atoms with Gasteiger partial charge in [0, 0.05) is 6.92 Å². The molecule has 1 heterocycles. The number of carbonyl (C=O) groups excluding carboxylic acids is 3. The summed E-state index contributed by atoms with van der Waals surface area (Å²) in [5.41, 5.74) is 0.611. The Morgan fingerprint density at radius 2 is 1.91 bits per heavy atom. The second-order valence-electron chi connectivity index (χ2n) is 4.77. The predicted molar refractivity (Wildman–Crippen MR) is 76.1 cm³/mol. The first-order chi connectivity index (χ1) is 10.4. The highest BCUT2D eigenvalue weighted by molar-refractivity contribution is 6.14. The number of carboxylic acid groups (broad SMARTS) is 1. The van der Waals surface area contributed by atoms with E-state index in [1.54, 1.807) is 30.3 Å². The van der Waals surface area contributed by atoms with Gasteiger partial charge in [-0.3, -0.25) is 24.1 Å². The van der Waals surface area contributed by atoms with Gasteiger partial charge in [-0.05, 0) is 11.6 Å². The number of hydrogen-bond acceptors (Lipinski definition) is 4. The molecule has 7 heteroatoms. The van der Waals surface area contributed by atoms with Gasteiger partial charge < -0.3 is 10.4 Å². The number of carbonyl (C=O) groups is 4. The molecular formula is C15H14N2O5. The van der Waals surface area contributed by atoms with E-state index in [1.807, 2.05) is 0 Å². The van der Waals surface area contributed by atoms with Crippen molar-refractivity contribution in [1.82, 2.24) is 10.2 Å². The van der Waals surface area contributed by atoms with Gasteiger partial charge in [-0.1, -0.05) is 30.3 Å². The molecule has 1 aromatic carbocycles. The van der Waals surface area contributed by atoms with Crippen LogP contribution in [-0.2, 0) is 19.2 Å². The summed E-state index contributed by atoms with van der Waals surface area (Å²) in [6.45, 7) is 1.12. The molecule has 1 atom stereocenters. The number of imide groups is 1. The standard InChI is InChI=1S/C15H14N2O5/c1-9(18)17-12(8-13(19)20)14(21)16-11(15(17)22)7-10-5-3-2-4-6-10/h2-7,12H,8H2,1H3,(H,16,21)(H,19,20)/t12-/m0/s1. The monoisotopic (exact) mass is 302 g/mol. The number of nitrogens with one attached hydrogen (secondary N) is 1. The van der Waals surface area contributed by atoms with Crippen molar-refractivity contribution in [2.24, 2.45) is 0 Å². The molecule has 0 aromatic heterocycles. The van der Waals surface area contributed by atoms with Crippen LogP contribution < -0.4 is 5.32 Å². The molecule has 7 nitrogen and oxygen atoms in total. The topological polar surface area (TPSA) is 104 Å². The van der Waals surface area contributed by atoms with Gasteiger partial charge in [-0.2, -0.15) is 0 Å². The second kappa shape index (κ2) is 6.21. The number of carboxylic acids is 1. The molecule has 1 fully saturated rings. The van der Waals surface area contributed by atoms with E-state index in [1.165, 1.54) is 6.08 Å². The first-order valence-electron chi connectivity index (χ1n) is 6.53. The van der Waals surface area contributed by atoms with Crippen LogP contribution >= 0.6 is 0 Å². The van der Waals surface area contributed by atoms with Crippen LogP contribution in [0.3, 0.4) is 0 Å². The van der Waals surface area contributed by atoms with Crippen LogP contribution in [-0.4, -0.2) is 39.7 Å². The van der Waals surface area contributed by atoms with Crippen molar-refractivity contribution in [3.8, 4) is 0 Å². The predicted octanol–water partition coefficient (Wildman–Crippen LogP) is 0.376. The number of amides is 3. The van der Waals surface area contributed by atoms with Gasteiger partial charge in [0.1, 0.15) is 11.7 Å². The van der Waals surface area contributed by atoms with E-state index in [9.17, 15) is 19.2 Å². The Balaban J connectivity index is 2.37. The smallest absolute Gasteiger partial charge is 0.306 e. The average Bonchev–Trinajstić information content (AvgIpc) is 2.44. The maximum absolute atomic E-state index is 12.3. The van der Waals surface area contributed by atoms with E-state index in [0.29, 0.717) is 10.5 Å². The number of benzene rings is 1. The fourth-order valence-electron chi connectivity index (χ4n) is 2.18. The molecule has 114 valence electrons. The fourth-order valence-corrected chi connectivity index (χ4v) is 2.18. The SMILES string of the molecule is CC(=O)N1C(=O)C(=Cc2ccccc2)NC(=O)[C@@H]1CC(=O)O. The maximum atomic E-state index is 12.3. The van der Waals surface area contributed by atoms with Crippen LogP contribution in [0.2, 0.25) is 0 Å². The van der Waals surface area contributed by atoms with Crippen LogP contribution in [0.4, 0.5) is 0 Å². The zero-order chi connectivity index (χ0) is 16.3. The fraction of sp³-hybridized carbons (Fsp3) is 0.200. The molecule has 22 heavy (non-hydrogen) atoms. The largest absolute Gasteiger partial charge is 0.481 e. The first kappa shape index (κ1) is 15.4. The van der Waals surface area contributed by atoms with Crippen LogP contribution in [0.5, 0.6) is 0 Å². The van der Waals surface area contributed by atoms with Crippen LogP contribution in [0.1, 0.15) is 18.9 Å². The molecule has 0 bridgehead atoms. The molecule has 0 spiro atoms. The Kier molecular flexibility index (Phi) is 4.36. The summed E-state index contributed by atoms with van der Waals surface area (Å²) in [6.07, 6.45) is 0.808. The van der Waals surface area contributed by atoms with Crippen molar-refractivity contribution >= 4 is 29.8 Å². The summed E-state index contributed by atoms with van der Waals surface area (Å²) in [5, 5.41) is 11.2. The van der Waals surface area contributed by atoms with Crippen molar-refractivity contribution in [2.75, 3.05) is 0 Å². The van der Waals surface area contributed by atoms with E-state index >= 15 is 0 Å². The Labute approximate surface area is 126 Å². The third-order valence-corrected chi connectivity index (χ3v) is 3.14. The lowest BCUT2D eigenvalue weighted by Gasteiger charge is -2.32. The average molecular weight is 302 g/mol. The number of nitrogens with zero attached hydrogens (tertiary/aromatic N) is 1. The van der Waals surface area contributed by atoms with Gasteiger partial charge in [0.25, 0.3) is 5.91 Å². The Morgan fingerprint density at radius 1 is 1.27 bits per heavy atom. The molecule has 0 unspecified atom stereocenters. The van der Waals surface area contributed by atoms with Crippen molar-refractivity contribution in [3.63, 3.8) is 0 Å². The minimum absolute atomic E-state index is 0.0620. The van der Waals surface area contributed by atoms with Crippen LogP contribution in [0, 0.1) is 0 Å². The molecule has 1 aliphatic heterocycles. The highest BCUT2D eigenvalue weighted by Crippen LogP contribution is 2.18. The number of hydrogen-bond donors (Lipinski definition) is 2. The minimum atomic E-state index is -1.34. The van der Waals surface area contributed by atoms with Crippen LogP contribution in [0.15, 0.2) is 36.0 Å². The van der Waals surface area contributed by atoms with Gasteiger partial charge in [0.15, 0.2) is 0 Å². The third-order valence-electron chi connectivity index (χ3n) is 3.14. The van der Waals surface area contributed by atoms with Crippen molar-refractivity contribution in [1.29, 1.82) is 0 Å². The van der Waals surface area contributed by atoms with Crippen molar-refractivity contribution in [2.45, 2.75) is 19.4 Å². The van der Waals surface area contributed by atoms with Crippen LogP contribution in [0.25, 0.3) is 6.08 Å². The number of rotatable bonds is 3. The van der Waals surface area contributed by atoms with Crippen molar-refractivity contribution < 1.29 is 24.3 Å². The van der Waals surface area contributed by atoms with E-state index in [4.69, 9.17) is 5.11 Å². The summed E-state index contributed by atoms with van der Waals surface area (Å²) in [7, 11) is 0. The molecule has 1 aliphatic rings. The molecule has 0 aliphatic carbocycles. The summed E-state index contributed by atoms with van der Waals surface area (Å²) in [6, 6.07) is 7.44. The molecule has 1 saturated heterocycles. The maximum Gasteiger partial charge on any atom is 0.306 e. The zero-order valence-electron chi connectivity index (χ0n) is 11.8. The van der Waals surface area contributed by atoms with Gasteiger partial charge in [-0.15, -0.1) is 0 Å². The summed E-state index contributed by atoms with van der Waals surface area (Å²) in [4.78, 5) is 47.5. The van der Waals surface area contributed by atoms with Gasteiger partial charge in [0.2, 0.25) is 11.8 Å². The highest BCUT2D eigenvalue weighted by Gasteiger charge is 2.41. The van der Waals surface area contributed by atoms with E-state index in [0.717, 1.165) is 6.92 Å². The Bertz CT molecular complexity index is 666. The third kappa shape index (κ3) is 3.20. The lowest BCUT2D eigenvalue weighted by Crippen LogP contribution is -2.59. The van der Waals surface area contributed by atoms with E-state index < -0.39 is 36.2 Å². The molecular weight excluding hydrogens is 288 g/mol. The quantitative estimate of drug-likeness (QED) is 0.785. The molecule has 2 N–H and O–H groups in total.